The van der Waals surface area contributed by atoms with Gasteiger partial charge in [-0.2, -0.15) is 4.98 Å². The van der Waals surface area contributed by atoms with Gasteiger partial charge in [0.15, 0.2) is 18.1 Å². The van der Waals surface area contributed by atoms with E-state index in [1.807, 2.05) is 0 Å². The number of nitrogens with two attached hydrogens (primary N) is 1. The van der Waals surface area contributed by atoms with Crippen LogP contribution in [0.4, 0.5) is 5.82 Å². The van der Waals surface area contributed by atoms with E-state index in [2.05, 4.69) is 25.1 Å². The summed E-state index contributed by atoms with van der Waals surface area (Å²) in [6, 6.07) is 2.96. The average molecular weight is 363 g/mol. The van der Waals surface area contributed by atoms with Crippen molar-refractivity contribution in [1.82, 2.24) is 20.5 Å². The van der Waals surface area contributed by atoms with Crippen LogP contribution in [0.3, 0.4) is 0 Å². The molecule has 3 rings (SSSR count). The summed E-state index contributed by atoms with van der Waals surface area (Å²) in [4.78, 5) is 4.05. The Morgan fingerprint density at radius 3 is 2.55 bits per heavy atom. The maximum Gasteiger partial charge on any atom is 0.264 e. The van der Waals surface area contributed by atoms with E-state index in [0.29, 0.717) is 20.8 Å². The van der Waals surface area contributed by atoms with Gasteiger partial charge in [-0.05, 0) is 16.4 Å². The number of benzene rings is 1. The van der Waals surface area contributed by atoms with E-state index in [4.69, 9.17) is 49.8 Å². The highest BCUT2D eigenvalue weighted by molar-refractivity contribution is 6.43. The monoisotopic (exact) mass is 361 g/mol. The van der Waals surface area contributed by atoms with Crippen molar-refractivity contribution in [2.75, 3.05) is 5.73 Å². The Bertz CT molecular complexity index is 819. The smallest absolute Gasteiger partial charge is 0.264 e. The Balaban J connectivity index is 1.74. The number of aromatic nitrogens is 4. The van der Waals surface area contributed by atoms with Crippen LogP contribution in [0.2, 0.25) is 15.1 Å². The lowest BCUT2D eigenvalue weighted by molar-refractivity contribution is 0.243. The fourth-order valence-electron chi connectivity index (χ4n) is 1.51. The lowest BCUT2D eigenvalue weighted by Gasteiger charge is -2.06. The van der Waals surface area contributed by atoms with E-state index in [0.717, 1.165) is 0 Å². The van der Waals surface area contributed by atoms with Gasteiger partial charge in [0.05, 0.1) is 15.1 Å². The van der Waals surface area contributed by atoms with Gasteiger partial charge in [0.1, 0.15) is 5.75 Å². The van der Waals surface area contributed by atoms with Gasteiger partial charge in [0, 0.05) is 6.07 Å². The third-order valence-corrected chi connectivity index (χ3v) is 3.54. The topological polar surface area (TPSA) is 113 Å². The van der Waals surface area contributed by atoms with Crippen LogP contribution in [-0.4, -0.2) is 20.5 Å². The predicted octanol–water partition coefficient (Wildman–Crippen LogP) is 3.24. The van der Waals surface area contributed by atoms with Crippen molar-refractivity contribution in [3.63, 3.8) is 0 Å². The van der Waals surface area contributed by atoms with E-state index in [9.17, 15) is 0 Å². The second-order valence-electron chi connectivity index (χ2n) is 4.00. The molecule has 0 saturated carbocycles. The van der Waals surface area contributed by atoms with E-state index < -0.39 is 0 Å². The molecule has 3 aromatic rings. The summed E-state index contributed by atoms with van der Waals surface area (Å²) in [6.07, 6.45) is 0. The summed E-state index contributed by atoms with van der Waals surface area (Å²) in [5.41, 5.74) is 5.72. The van der Waals surface area contributed by atoms with Gasteiger partial charge in [-0.1, -0.05) is 40.0 Å². The van der Waals surface area contributed by atoms with Crippen molar-refractivity contribution in [2.45, 2.75) is 6.61 Å². The highest BCUT2D eigenvalue weighted by Gasteiger charge is 2.17. The molecule has 1 aromatic carbocycles. The van der Waals surface area contributed by atoms with Crippen LogP contribution in [0.1, 0.15) is 5.89 Å². The first kappa shape index (κ1) is 14.9. The Labute approximate surface area is 138 Å². The molecule has 2 heterocycles. The molecular formula is C11H6Cl3N5O3. The number of nitrogens with zero attached hydrogens (tertiary/aromatic N) is 4. The van der Waals surface area contributed by atoms with Crippen LogP contribution in [0.5, 0.6) is 5.75 Å². The Morgan fingerprint density at radius 2 is 1.82 bits per heavy atom. The standard InChI is InChI=1S/C11H6Cl3N5O3/c12-4-1-6(14)7(2-5(4)13)20-3-8-16-11(19-21-8)9-10(15)18-22-17-9/h1-2H,3H2,(H2,15,18). The highest BCUT2D eigenvalue weighted by atomic mass is 35.5. The molecule has 0 bridgehead atoms. The van der Waals surface area contributed by atoms with Crippen molar-refractivity contribution < 1.29 is 13.9 Å². The van der Waals surface area contributed by atoms with Crippen molar-refractivity contribution in [3.05, 3.63) is 33.1 Å². The third-order valence-electron chi connectivity index (χ3n) is 2.52. The lowest BCUT2D eigenvalue weighted by Crippen LogP contribution is -1.97. The summed E-state index contributed by atoms with van der Waals surface area (Å²) in [6.45, 7) is -0.0319. The van der Waals surface area contributed by atoms with E-state index in [-0.39, 0.29) is 29.8 Å². The summed E-state index contributed by atoms with van der Waals surface area (Å²) in [5.74, 6) is 0.705. The van der Waals surface area contributed by atoms with Crippen LogP contribution < -0.4 is 10.5 Å². The molecule has 0 saturated heterocycles. The summed E-state index contributed by atoms with van der Waals surface area (Å²) < 4.78 is 14.9. The van der Waals surface area contributed by atoms with Gasteiger partial charge < -0.3 is 15.0 Å². The molecule has 0 amide bonds. The molecule has 0 aliphatic carbocycles. The van der Waals surface area contributed by atoms with E-state index in [1.165, 1.54) is 12.1 Å². The zero-order chi connectivity index (χ0) is 15.7. The van der Waals surface area contributed by atoms with Crippen molar-refractivity contribution >= 4 is 40.6 Å². The summed E-state index contributed by atoms with van der Waals surface area (Å²) in [7, 11) is 0. The largest absolute Gasteiger partial charge is 0.482 e. The number of nitrogen functional groups attached to an aromatic ring is 1. The second-order valence-corrected chi connectivity index (χ2v) is 5.22. The van der Waals surface area contributed by atoms with Crippen LogP contribution >= 0.6 is 34.8 Å². The maximum atomic E-state index is 5.99. The molecular weight excluding hydrogens is 357 g/mol. The van der Waals surface area contributed by atoms with Crippen molar-refractivity contribution in [1.29, 1.82) is 0 Å². The number of hydrogen-bond acceptors (Lipinski definition) is 8. The molecule has 2 aromatic heterocycles. The highest BCUT2D eigenvalue weighted by Crippen LogP contribution is 2.34. The predicted molar refractivity (Wildman–Crippen MR) is 77.8 cm³/mol. The van der Waals surface area contributed by atoms with Gasteiger partial charge in [-0.15, -0.1) is 0 Å². The quantitative estimate of drug-likeness (QED) is 0.704. The van der Waals surface area contributed by atoms with E-state index >= 15 is 0 Å². The first-order chi connectivity index (χ1) is 10.5. The fourth-order valence-corrected chi connectivity index (χ4v) is 2.11. The van der Waals surface area contributed by atoms with Crippen molar-refractivity contribution in [3.8, 4) is 17.3 Å². The first-order valence-electron chi connectivity index (χ1n) is 5.73. The number of halogens is 3. The maximum absolute atomic E-state index is 5.99. The molecule has 0 aliphatic heterocycles. The Kier molecular flexibility index (Phi) is 4.06. The lowest BCUT2D eigenvalue weighted by atomic mass is 10.3. The number of ether oxygens (including phenoxy) is 1. The molecule has 0 radical (unpaired) electrons. The summed E-state index contributed by atoms with van der Waals surface area (Å²) >= 11 is 17.7. The molecule has 22 heavy (non-hydrogen) atoms. The SMILES string of the molecule is Nc1nonc1-c1noc(COc2cc(Cl)c(Cl)cc2Cl)n1. The van der Waals surface area contributed by atoms with Crippen LogP contribution in [-0.2, 0) is 6.61 Å². The molecule has 0 unspecified atom stereocenters. The van der Waals surface area contributed by atoms with E-state index in [1.54, 1.807) is 0 Å². The molecule has 0 aliphatic rings. The third kappa shape index (κ3) is 2.94. The minimum Gasteiger partial charge on any atom is -0.482 e. The molecule has 0 spiro atoms. The first-order valence-corrected chi connectivity index (χ1v) is 6.86. The zero-order valence-corrected chi connectivity index (χ0v) is 12.9. The molecule has 114 valence electrons. The van der Waals surface area contributed by atoms with Crippen LogP contribution in [0.15, 0.2) is 21.3 Å². The van der Waals surface area contributed by atoms with Crippen LogP contribution in [0, 0.1) is 0 Å². The minimum absolute atomic E-state index is 0.0319. The Hall–Kier alpha value is -2.03. The fraction of sp³-hybridized carbons (Fsp3) is 0.0909. The molecule has 0 fully saturated rings. The summed E-state index contributed by atoms with van der Waals surface area (Å²) in [5, 5.41) is 11.6. The number of rotatable bonds is 4. The van der Waals surface area contributed by atoms with Gasteiger partial charge in [-0.3, -0.25) is 0 Å². The molecule has 2 N–H and O–H groups in total. The average Bonchev–Trinajstić information content (AvgIpc) is 3.10. The minimum atomic E-state index is -0.0319. The van der Waals surface area contributed by atoms with Crippen molar-refractivity contribution in [2.24, 2.45) is 0 Å². The number of hydrogen-bond donors (Lipinski definition) is 1. The normalized spacial score (nSPS) is 10.9. The Morgan fingerprint density at radius 1 is 1.05 bits per heavy atom. The van der Waals surface area contributed by atoms with Crippen LogP contribution in [0.25, 0.3) is 11.5 Å². The molecule has 8 nitrogen and oxygen atoms in total. The molecule has 11 heteroatoms. The second kappa shape index (κ2) is 5.99. The van der Waals surface area contributed by atoms with Gasteiger partial charge in [0.2, 0.25) is 5.82 Å². The molecule has 0 atom stereocenters. The van der Waals surface area contributed by atoms with Gasteiger partial charge in [-0.25, -0.2) is 4.63 Å². The number of anilines is 1. The zero-order valence-electron chi connectivity index (χ0n) is 10.6. The van der Waals surface area contributed by atoms with Gasteiger partial charge >= 0.3 is 0 Å². The van der Waals surface area contributed by atoms with Gasteiger partial charge in [0.25, 0.3) is 5.89 Å².